The Kier molecular flexibility index (Phi) is 2.56. The number of nitrogens with one attached hydrogen (secondary N) is 1. The number of aryl methyl sites for hydroxylation is 1. The van der Waals surface area contributed by atoms with Gasteiger partial charge in [0.05, 0.1) is 12.0 Å². The smallest absolute Gasteiger partial charge is 0.150 e. The Hall–Kier alpha value is -0.540. The molecule has 1 atom stereocenters. The van der Waals surface area contributed by atoms with Crippen LogP contribution in [0.25, 0.3) is 0 Å². The summed E-state index contributed by atoms with van der Waals surface area (Å²) in [4.78, 5) is 4.13. The lowest BCUT2D eigenvalue weighted by Gasteiger charge is -2.11. The highest BCUT2D eigenvalue weighted by Gasteiger charge is 2.22. The minimum atomic E-state index is 0.551. The number of hydrogen-bond acceptors (Lipinski definition) is 2. The average molecular weight is 200 g/mol. The number of imidazole rings is 1. The molecule has 0 radical (unpaired) electrons. The largest absolute Gasteiger partial charge is 0.333 e. The maximum Gasteiger partial charge on any atom is 0.150 e. The van der Waals surface area contributed by atoms with E-state index in [0.29, 0.717) is 11.1 Å². The lowest BCUT2D eigenvalue weighted by Crippen LogP contribution is -2.11. The van der Waals surface area contributed by atoms with E-state index < -0.39 is 0 Å². The average Bonchev–Trinajstić information content (AvgIpc) is 2.72. The van der Waals surface area contributed by atoms with Crippen molar-refractivity contribution >= 4 is 11.6 Å². The normalized spacial score (nSPS) is 22.5. The minimum Gasteiger partial charge on any atom is -0.333 e. The summed E-state index contributed by atoms with van der Waals surface area (Å²) in [6, 6.07) is 0. The van der Waals surface area contributed by atoms with Gasteiger partial charge in [0.1, 0.15) is 0 Å². The van der Waals surface area contributed by atoms with Gasteiger partial charge in [0, 0.05) is 19.0 Å². The van der Waals surface area contributed by atoms with Gasteiger partial charge >= 0.3 is 0 Å². The molecule has 0 spiro atoms. The zero-order valence-electron chi connectivity index (χ0n) is 7.76. The summed E-state index contributed by atoms with van der Waals surface area (Å²) in [5.41, 5.74) is 1.20. The second kappa shape index (κ2) is 3.68. The van der Waals surface area contributed by atoms with Crippen LogP contribution in [0.5, 0.6) is 0 Å². The van der Waals surface area contributed by atoms with Crippen molar-refractivity contribution in [1.29, 1.82) is 0 Å². The quantitative estimate of drug-likeness (QED) is 0.785. The van der Waals surface area contributed by atoms with Gasteiger partial charge in [0.2, 0.25) is 0 Å². The van der Waals surface area contributed by atoms with Crippen molar-refractivity contribution in [2.24, 2.45) is 0 Å². The van der Waals surface area contributed by atoms with E-state index in [0.717, 1.165) is 19.6 Å². The van der Waals surface area contributed by atoms with E-state index in [1.165, 1.54) is 12.1 Å². The summed E-state index contributed by atoms with van der Waals surface area (Å²) in [5, 5.41) is 4.02. The van der Waals surface area contributed by atoms with Gasteiger partial charge in [-0.15, -0.1) is 0 Å². The Morgan fingerprint density at radius 1 is 1.77 bits per heavy atom. The summed E-state index contributed by atoms with van der Waals surface area (Å²) in [5.74, 6) is 0.551. The molecule has 1 saturated heterocycles. The van der Waals surface area contributed by atoms with Crippen molar-refractivity contribution in [2.45, 2.75) is 25.8 Å². The molecule has 0 bridgehead atoms. The number of aromatic nitrogens is 2. The second-order valence-electron chi connectivity index (χ2n) is 3.40. The molecule has 1 unspecified atom stereocenters. The molecule has 0 saturated carbocycles. The molecule has 4 heteroatoms. The number of rotatable bonds is 2. The Balaban J connectivity index is 2.30. The van der Waals surface area contributed by atoms with Crippen LogP contribution in [0.15, 0.2) is 6.33 Å². The molecule has 1 aromatic heterocycles. The molecule has 0 aliphatic carbocycles. The van der Waals surface area contributed by atoms with Crippen molar-refractivity contribution in [3.63, 3.8) is 0 Å². The molecule has 0 amide bonds. The van der Waals surface area contributed by atoms with Crippen LogP contribution in [0, 0.1) is 0 Å². The molecule has 1 aromatic rings. The Morgan fingerprint density at radius 3 is 3.23 bits per heavy atom. The zero-order valence-corrected chi connectivity index (χ0v) is 8.51. The fraction of sp³-hybridized carbons (Fsp3) is 0.667. The summed E-state index contributed by atoms with van der Waals surface area (Å²) in [6.45, 7) is 5.19. The van der Waals surface area contributed by atoms with E-state index in [1.54, 1.807) is 0 Å². The van der Waals surface area contributed by atoms with Crippen LogP contribution in [0.2, 0.25) is 5.15 Å². The third-order valence-corrected chi connectivity index (χ3v) is 2.91. The first kappa shape index (κ1) is 9.03. The fourth-order valence-electron chi connectivity index (χ4n) is 1.91. The summed E-state index contributed by atoms with van der Waals surface area (Å²) in [7, 11) is 0. The number of nitrogens with zero attached hydrogens (tertiary/aromatic N) is 2. The third-order valence-electron chi connectivity index (χ3n) is 2.62. The van der Waals surface area contributed by atoms with E-state index in [1.807, 2.05) is 6.33 Å². The van der Waals surface area contributed by atoms with Gasteiger partial charge in [-0.3, -0.25) is 0 Å². The first-order chi connectivity index (χ1) is 6.33. The molecular formula is C9H14ClN3. The van der Waals surface area contributed by atoms with Gasteiger partial charge in [-0.1, -0.05) is 11.6 Å². The highest BCUT2D eigenvalue weighted by molar-refractivity contribution is 6.30. The van der Waals surface area contributed by atoms with Gasteiger partial charge in [-0.05, 0) is 19.9 Å². The minimum absolute atomic E-state index is 0.551. The van der Waals surface area contributed by atoms with E-state index in [4.69, 9.17) is 11.6 Å². The van der Waals surface area contributed by atoms with Crippen LogP contribution < -0.4 is 5.32 Å². The first-order valence-corrected chi connectivity index (χ1v) is 5.12. The van der Waals surface area contributed by atoms with Crippen LogP contribution in [0.3, 0.4) is 0 Å². The second-order valence-corrected chi connectivity index (χ2v) is 3.75. The molecule has 1 N–H and O–H groups in total. The zero-order chi connectivity index (χ0) is 9.26. The maximum absolute atomic E-state index is 6.04. The molecule has 1 fully saturated rings. The molecule has 2 heterocycles. The monoisotopic (exact) mass is 199 g/mol. The van der Waals surface area contributed by atoms with Crippen molar-refractivity contribution in [1.82, 2.24) is 14.9 Å². The molecule has 2 rings (SSSR count). The molecule has 3 nitrogen and oxygen atoms in total. The van der Waals surface area contributed by atoms with E-state index in [2.05, 4.69) is 21.8 Å². The van der Waals surface area contributed by atoms with Crippen LogP contribution in [0.4, 0.5) is 0 Å². The summed E-state index contributed by atoms with van der Waals surface area (Å²) >= 11 is 6.04. The fourth-order valence-corrected chi connectivity index (χ4v) is 2.22. The predicted molar refractivity (Wildman–Crippen MR) is 53.1 cm³/mol. The van der Waals surface area contributed by atoms with Crippen LogP contribution in [-0.2, 0) is 6.54 Å². The van der Waals surface area contributed by atoms with Crippen LogP contribution in [0.1, 0.15) is 25.0 Å². The SMILES string of the molecule is CCn1cnc(Cl)c1C1CCNC1. The highest BCUT2D eigenvalue weighted by Crippen LogP contribution is 2.27. The molecule has 0 aromatic carbocycles. The van der Waals surface area contributed by atoms with Crippen molar-refractivity contribution < 1.29 is 0 Å². The Labute approximate surface area is 83.1 Å². The summed E-state index contributed by atoms with van der Waals surface area (Å²) < 4.78 is 2.14. The third kappa shape index (κ3) is 1.58. The van der Waals surface area contributed by atoms with Crippen LogP contribution >= 0.6 is 11.6 Å². The molecule has 1 aliphatic heterocycles. The number of hydrogen-bond donors (Lipinski definition) is 1. The first-order valence-electron chi connectivity index (χ1n) is 4.74. The van der Waals surface area contributed by atoms with Crippen molar-refractivity contribution in [3.05, 3.63) is 17.2 Å². The highest BCUT2D eigenvalue weighted by atomic mass is 35.5. The maximum atomic E-state index is 6.04. The van der Waals surface area contributed by atoms with Crippen molar-refractivity contribution in [2.75, 3.05) is 13.1 Å². The molecule has 72 valence electrons. The van der Waals surface area contributed by atoms with Gasteiger partial charge in [0.15, 0.2) is 5.15 Å². The van der Waals surface area contributed by atoms with Crippen LogP contribution in [-0.4, -0.2) is 22.6 Å². The van der Waals surface area contributed by atoms with E-state index in [-0.39, 0.29) is 0 Å². The Morgan fingerprint density at radius 2 is 2.62 bits per heavy atom. The van der Waals surface area contributed by atoms with Crippen molar-refractivity contribution in [3.8, 4) is 0 Å². The van der Waals surface area contributed by atoms with Gasteiger partial charge in [-0.2, -0.15) is 0 Å². The van der Waals surface area contributed by atoms with E-state index >= 15 is 0 Å². The molecular weight excluding hydrogens is 186 g/mol. The number of halogens is 1. The topological polar surface area (TPSA) is 29.9 Å². The van der Waals surface area contributed by atoms with Gasteiger partial charge in [0.25, 0.3) is 0 Å². The molecule has 13 heavy (non-hydrogen) atoms. The molecule has 1 aliphatic rings. The standard InChI is InChI=1S/C9H14ClN3/c1-2-13-6-12-9(10)8(13)7-3-4-11-5-7/h6-7,11H,2-5H2,1H3. The van der Waals surface area contributed by atoms with Gasteiger partial charge < -0.3 is 9.88 Å². The Bertz CT molecular complexity index is 289. The van der Waals surface area contributed by atoms with E-state index in [9.17, 15) is 0 Å². The summed E-state index contributed by atoms with van der Waals surface area (Å²) in [6.07, 6.45) is 3.00. The lowest BCUT2D eigenvalue weighted by molar-refractivity contribution is 0.640. The lowest BCUT2D eigenvalue weighted by atomic mass is 10.1. The van der Waals surface area contributed by atoms with Gasteiger partial charge in [-0.25, -0.2) is 4.98 Å². The predicted octanol–water partition coefficient (Wildman–Crippen LogP) is 1.63.